The second-order valence-electron chi connectivity index (χ2n) is 5.19. The number of piperazine rings is 1. The van der Waals surface area contributed by atoms with Gasteiger partial charge in [0.15, 0.2) is 5.69 Å². The fourth-order valence-corrected chi connectivity index (χ4v) is 2.50. The van der Waals surface area contributed by atoms with Crippen molar-refractivity contribution < 1.29 is 29.3 Å². The predicted octanol–water partition coefficient (Wildman–Crippen LogP) is 0.187. The lowest BCUT2D eigenvalue weighted by atomic mass is 10.1. The highest BCUT2D eigenvalue weighted by molar-refractivity contribution is 5.86. The summed E-state index contributed by atoms with van der Waals surface area (Å²) in [6, 6.07) is -0.496. The summed E-state index contributed by atoms with van der Waals surface area (Å²) in [6.45, 7) is 2.51. The van der Waals surface area contributed by atoms with E-state index >= 15 is 0 Å². The molecule has 2 amide bonds. The van der Waals surface area contributed by atoms with Crippen molar-refractivity contribution in [1.29, 1.82) is 0 Å². The lowest BCUT2D eigenvalue weighted by Crippen LogP contribution is -2.56. The van der Waals surface area contributed by atoms with Gasteiger partial charge in [-0.05, 0) is 13.3 Å². The van der Waals surface area contributed by atoms with Gasteiger partial charge in [0, 0.05) is 19.6 Å². The fraction of sp³-hybridized carbons (Fsp3) is 0.615. The largest absolute Gasteiger partial charge is 0.465 e. The fourth-order valence-electron chi connectivity index (χ4n) is 2.50. The van der Waals surface area contributed by atoms with E-state index in [1.165, 1.54) is 20.8 Å². The molecule has 24 heavy (non-hydrogen) atoms. The van der Waals surface area contributed by atoms with Gasteiger partial charge in [-0.3, -0.25) is 0 Å². The number of nitrogens with zero attached hydrogens (tertiary/aromatic N) is 5. The van der Waals surface area contributed by atoms with E-state index in [0.717, 1.165) is 0 Å². The SMILES string of the molecule is CCOC(=O)c1cnn(CC[C@@H]2CN(C(=O)O)CCN2C(=O)O)n1. The molecule has 0 aliphatic carbocycles. The van der Waals surface area contributed by atoms with E-state index in [0.29, 0.717) is 6.42 Å². The second kappa shape index (κ2) is 7.62. The highest BCUT2D eigenvalue weighted by Gasteiger charge is 2.32. The van der Waals surface area contributed by atoms with Gasteiger partial charge in [0.25, 0.3) is 0 Å². The summed E-state index contributed by atoms with van der Waals surface area (Å²) in [5.74, 6) is -0.578. The third-order valence-corrected chi connectivity index (χ3v) is 3.68. The van der Waals surface area contributed by atoms with Gasteiger partial charge in [0.05, 0.1) is 25.4 Å². The lowest BCUT2D eigenvalue weighted by molar-refractivity contribution is 0.0517. The second-order valence-corrected chi connectivity index (χ2v) is 5.19. The number of rotatable bonds is 5. The Morgan fingerprint density at radius 3 is 2.67 bits per heavy atom. The molecule has 2 heterocycles. The quantitative estimate of drug-likeness (QED) is 0.724. The van der Waals surface area contributed by atoms with Crippen molar-refractivity contribution in [3.8, 4) is 0 Å². The van der Waals surface area contributed by atoms with Gasteiger partial charge < -0.3 is 24.7 Å². The summed E-state index contributed by atoms with van der Waals surface area (Å²) >= 11 is 0. The van der Waals surface area contributed by atoms with E-state index in [1.807, 2.05) is 0 Å². The maximum atomic E-state index is 11.5. The molecule has 1 saturated heterocycles. The summed E-state index contributed by atoms with van der Waals surface area (Å²) in [4.78, 5) is 37.5. The number of aryl methyl sites for hydroxylation is 1. The van der Waals surface area contributed by atoms with Crippen molar-refractivity contribution in [3.63, 3.8) is 0 Å². The van der Waals surface area contributed by atoms with Crippen LogP contribution >= 0.6 is 0 Å². The average Bonchev–Trinajstić information content (AvgIpc) is 3.01. The van der Waals surface area contributed by atoms with E-state index in [4.69, 9.17) is 9.84 Å². The molecule has 0 bridgehead atoms. The average molecular weight is 341 g/mol. The molecular weight excluding hydrogens is 322 g/mol. The molecule has 1 atom stereocenters. The van der Waals surface area contributed by atoms with E-state index in [1.54, 1.807) is 6.92 Å². The lowest BCUT2D eigenvalue weighted by Gasteiger charge is -2.38. The predicted molar refractivity (Wildman–Crippen MR) is 78.7 cm³/mol. The minimum Gasteiger partial charge on any atom is -0.465 e. The van der Waals surface area contributed by atoms with Crippen molar-refractivity contribution in [2.45, 2.75) is 25.9 Å². The number of aromatic nitrogens is 3. The van der Waals surface area contributed by atoms with E-state index in [2.05, 4.69) is 10.2 Å². The van der Waals surface area contributed by atoms with Crippen LogP contribution in [0.5, 0.6) is 0 Å². The zero-order chi connectivity index (χ0) is 17.7. The zero-order valence-corrected chi connectivity index (χ0v) is 13.2. The van der Waals surface area contributed by atoms with Crippen molar-refractivity contribution in [3.05, 3.63) is 11.9 Å². The number of ether oxygens (including phenoxy) is 1. The van der Waals surface area contributed by atoms with Crippen LogP contribution in [0.2, 0.25) is 0 Å². The highest BCUT2D eigenvalue weighted by atomic mass is 16.5. The molecule has 11 nitrogen and oxygen atoms in total. The van der Waals surface area contributed by atoms with Crippen LogP contribution in [-0.2, 0) is 11.3 Å². The Balaban J connectivity index is 1.98. The van der Waals surface area contributed by atoms with Crippen LogP contribution in [0.4, 0.5) is 9.59 Å². The van der Waals surface area contributed by atoms with Gasteiger partial charge in [-0.15, -0.1) is 5.10 Å². The Labute approximate surface area is 137 Å². The van der Waals surface area contributed by atoms with Crippen molar-refractivity contribution >= 4 is 18.2 Å². The molecule has 0 radical (unpaired) electrons. The normalized spacial score (nSPS) is 17.6. The molecule has 1 aromatic heterocycles. The summed E-state index contributed by atoms with van der Waals surface area (Å²) in [6.07, 6.45) is -0.567. The van der Waals surface area contributed by atoms with Gasteiger partial charge >= 0.3 is 18.2 Å². The molecule has 132 valence electrons. The molecule has 0 saturated carbocycles. The van der Waals surface area contributed by atoms with Crippen LogP contribution in [0.1, 0.15) is 23.8 Å². The first-order valence-corrected chi connectivity index (χ1v) is 7.47. The van der Waals surface area contributed by atoms with E-state index in [9.17, 15) is 19.5 Å². The third-order valence-electron chi connectivity index (χ3n) is 3.68. The van der Waals surface area contributed by atoms with Crippen molar-refractivity contribution in [1.82, 2.24) is 24.8 Å². The molecular formula is C13H19N5O6. The minimum absolute atomic E-state index is 0.0720. The van der Waals surface area contributed by atoms with Crippen LogP contribution < -0.4 is 0 Å². The van der Waals surface area contributed by atoms with E-state index < -0.39 is 24.2 Å². The molecule has 0 aromatic carbocycles. The van der Waals surface area contributed by atoms with Crippen LogP contribution in [0.25, 0.3) is 0 Å². The maximum absolute atomic E-state index is 11.5. The molecule has 1 aliphatic heterocycles. The Kier molecular flexibility index (Phi) is 5.55. The molecule has 11 heteroatoms. The van der Waals surface area contributed by atoms with Crippen LogP contribution in [-0.4, -0.2) is 85.4 Å². The van der Waals surface area contributed by atoms with Gasteiger partial charge in [0.2, 0.25) is 0 Å². The number of carboxylic acid groups (broad SMARTS) is 2. The number of carbonyl (C=O) groups excluding carboxylic acids is 1. The maximum Gasteiger partial charge on any atom is 0.407 e. The highest BCUT2D eigenvalue weighted by Crippen LogP contribution is 2.14. The van der Waals surface area contributed by atoms with Crippen molar-refractivity contribution in [2.75, 3.05) is 26.2 Å². The van der Waals surface area contributed by atoms with E-state index in [-0.39, 0.29) is 38.5 Å². The van der Waals surface area contributed by atoms with Gasteiger partial charge in [0.1, 0.15) is 0 Å². The molecule has 0 unspecified atom stereocenters. The number of esters is 1. The molecule has 2 N–H and O–H groups in total. The zero-order valence-electron chi connectivity index (χ0n) is 13.2. The summed E-state index contributed by atoms with van der Waals surface area (Å²) in [5, 5.41) is 26.2. The molecule has 2 rings (SSSR count). The van der Waals surface area contributed by atoms with Gasteiger partial charge in [-0.1, -0.05) is 0 Å². The molecule has 0 spiro atoms. The monoisotopic (exact) mass is 341 g/mol. The van der Waals surface area contributed by atoms with Crippen LogP contribution in [0, 0.1) is 0 Å². The first-order valence-electron chi connectivity index (χ1n) is 7.47. The molecule has 1 fully saturated rings. The summed E-state index contributed by atoms with van der Waals surface area (Å²) < 4.78 is 4.81. The minimum atomic E-state index is -1.09. The standard InChI is InChI=1S/C13H19N5O6/c1-2-24-11(19)10-7-14-18(15-10)4-3-9-8-16(12(20)21)5-6-17(9)13(22)23/h7,9H,2-6,8H2,1H3,(H,20,21)(H,22,23)/t9-/m1/s1. The number of hydrogen-bond donors (Lipinski definition) is 2. The first kappa shape index (κ1) is 17.5. The number of amides is 2. The first-order chi connectivity index (χ1) is 11.4. The molecule has 1 aromatic rings. The Bertz CT molecular complexity index is 618. The van der Waals surface area contributed by atoms with Crippen LogP contribution in [0.15, 0.2) is 6.20 Å². The smallest absolute Gasteiger partial charge is 0.407 e. The third kappa shape index (κ3) is 4.12. The van der Waals surface area contributed by atoms with Crippen LogP contribution in [0.3, 0.4) is 0 Å². The molecule has 1 aliphatic rings. The Morgan fingerprint density at radius 2 is 2.04 bits per heavy atom. The summed E-state index contributed by atoms with van der Waals surface area (Å²) in [7, 11) is 0. The number of hydrogen-bond acceptors (Lipinski definition) is 6. The van der Waals surface area contributed by atoms with Crippen molar-refractivity contribution in [2.24, 2.45) is 0 Å². The Morgan fingerprint density at radius 1 is 1.29 bits per heavy atom. The number of carbonyl (C=O) groups is 3. The Hall–Kier alpha value is -2.85. The summed E-state index contributed by atoms with van der Waals surface area (Å²) in [5.41, 5.74) is 0.0720. The van der Waals surface area contributed by atoms with Gasteiger partial charge in [-0.25, -0.2) is 14.4 Å². The topological polar surface area (TPSA) is 138 Å². The van der Waals surface area contributed by atoms with Gasteiger partial charge in [-0.2, -0.15) is 9.90 Å².